The van der Waals surface area contributed by atoms with Gasteiger partial charge >= 0.3 is 12.3 Å². The van der Waals surface area contributed by atoms with Crippen molar-refractivity contribution in [2.24, 2.45) is 0 Å². The van der Waals surface area contributed by atoms with Crippen LogP contribution < -0.4 is 10.9 Å². The molecule has 1 amide bonds. The molecule has 3 rings (SSSR count). The average Bonchev–Trinajstić information content (AvgIpc) is 2.67. The molecule has 0 aliphatic rings. The summed E-state index contributed by atoms with van der Waals surface area (Å²) >= 11 is 0. The van der Waals surface area contributed by atoms with E-state index in [1.807, 2.05) is 0 Å². The number of nitrogens with one attached hydrogen (secondary N) is 2. The summed E-state index contributed by atoms with van der Waals surface area (Å²) in [5.74, 6) is 0. The number of ether oxygens (including phenoxy) is 1. The Balaban J connectivity index is 1.89. The molecule has 4 N–H and O–H groups in total. The normalized spacial score (nSPS) is 11.7. The van der Waals surface area contributed by atoms with Crippen molar-refractivity contribution in [1.82, 2.24) is 4.98 Å². The second-order valence-corrected chi connectivity index (χ2v) is 6.39. The van der Waals surface area contributed by atoms with Crippen LogP contribution in [0.15, 0.2) is 53.3 Å². The molecule has 158 valence electrons. The predicted octanol–water partition coefficient (Wildman–Crippen LogP) is 3.46. The lowest BCUT2D eigenvalue weighted by molar-refractivity contribution is -0.137. The Morgan fingerprint density at radius 2 is 1.87 bits per heavy atom. The van der Waals surface area contributed by atoms with Crippen LogP contribution in [0.25, 0.3) is 22.0 Å². The van der Waals surface area contributed by atoms with Crippen molar-refractivity contribution in [3.63, 3.8) is 0 Å². The van der Waals surface area contributed by atoms with Crippen molar-refractivity contribution in [1.29, 1.82) is 0 Å². The summed E-state index contributed by atoms with van der Waals surface area (Å²) < 4.78 is 44.6. The van der Waals surface area contributed by atoms with Gasteiger partial charge in [0.2, 0.25) is 0 Å². The monoisotopic (exact) mass is 422 g/mol. The molecule has 0 radical (unpaired) electrons. The van der Waals surface area contributed by atoms with E-state index in [2.05, 4.69) is 10.3 Å². The summed E-state index contributed by atoms with van der Waals surface area (Å²) in [5.41, 5.74) is -1.40. The van der Waals surface area contributed by atoms with E-state index in [1.54, 1.807) is 0 Å². The van der Waals surface area contributed by atoms with E-state index in [0.29, 0.717) is 5.39 Å². The number of benzene rings is 2. The average molecular weight is 422 g/mol. The maximum absolute atomic E-state index is 13.3. The quantitative estimate of drug-likeness (QED) is 0.471. The fourth-order valence-electron chi connectivity index (χ4n) is 2.86. The second kappa shape index (κ2) is 8.56. The fraction of sp³-hybridized carbons (Fsp3) is 0.200. The molecule has 0 aliphatic heterocycles. The van der Waals surface area contributed by atoms with Gasteiger partial charge in [0.1, 0.15) is 0 Å². The number of aromatic nitrogens is 1. The number of aliphatic hydroxyl groups excluding tert-OH is 1. The zero-order chi connectivity index (χ0) is 21.9. The Morgan fingerprint density at radius 3 is 2.57 bits per heavy atom. The lowest BCUT2D eigenvalue weighted by atomic mass is 10.0. The molecule has 7 nitrogen and oxygen atoms in total. The first-order valence-corrected chi connectivity index (χ1v) is 8.79. The lowest BCUT2D eigenvalue weighted by Gasteiger charge is -2.13. The van der Waals surface area contributed by atoms with Gasteiger partial charge in [0.05, 0.1) is 12.2 Å². The van der Waals surface area contributed by atoms with Gasteiger partial charge in [-0.05, 0) is 29.7 Å². The fourth-order valence-corrected chi connectivity index (χ4v) is 2.86. The minimum atomic E-state index is -4.58. The highest BCUT2D eigenvalue weighted by Gasteiger charge is 2.33. The van der Waals surface area contributed by atoms with Crippen molar-refractivity contribution in [3.8, 4) is 11.3 Å². The number of aliphatic hydroxyl groups is 2. The molecule has 0 aliphatic carbocycles. The van der Waals surface area contributed by atoms with Crippen LogP contribution >= 0.6 is 0 Å². The number of hydrogen-bond donors (Lipinski definition) is 4. The van der Waals surface area contributed by atoms with Crippen molar-refractivity contribution in [2.75, 3.05) is 11.9 Å². The van der Waals surface area contributed by atoms with Gasteiger partial charge in [-0.25, -0.2) is 4.79 Å². The molecule has 1 aromatic heterocycles. The number of halogens is 3. The van der Waals surface area contributed by atoms with Crippen LogP contribution in [0.1, 0.15) is 12.0 Å². The number of aromatic amines is 1. The third kappa shape index (κ3) is 4.97. The highest BCUT2D eigenvalue weighted by molar-refractivity contribution is 5.92. The van der Waals surface area contributed by atoms with Gasteiger partial charge < -0.3 is 19.9 Å². The largest absolute Gasteiger partial charge is 0.449 e. The van der Waals surface area contributed by atoms with Gasteiger partial charge in [-0.3, -0.25) is 10.1 Å². The Bertz CT molecular complexity index is 1130. The van der Waals surface area contributed by atoms with Crippen LogP contribution in [0, 0.1) is 0 Å². The molecule has 1 heterocycles. The molecule has 30 heavy (non-hydrogen) atoms. The molecule has 0 spiro atoms. The number of amides is 1. The zero-order valence-electron chi connectivity index (χ0n) is 15.4. The molecule has 0 bridgehead atoms. The van der Waals surface area contributed by atoms with Crippen molar-refractivity contribution >= 4 is 22.6 Å². The molecular weight excluding hydrogens is 405 g/mol. The van der Waals surface area contributed by atoms with Gasteiger partial charge in [-0.15, -0.1) is 0 Å². The van der Waals surface area contributed by atoms with Crippen LogP contribution in [0.3, 0.4) is 0 Å². The number of anilines is 1. The Labute approximate surface area is 167 Å². The molecule has 3 aromatic rings. The summed E-state index contributed by atoms with van der Waals surface area (Å²) in [7, 11) is 0. The summed E-state index contributed by atoms with van der Waals surface area (Å²) in [4.78, 5) is 26.6. The number of H-pyrrole nitrogens is 1. The Hall–Kier alpha value is -3.37. The number of rotatable bonds is 5. The standard InChI is InChI=1S/C20H17F3N2O5/c21-20(22,23)15-4-2-1-3-13(15)16-9-11-5-6-12(10-14(11)18(28)25-16)24-19(29)30-8-7-17(26)27/h1-6,9-10,17,26-27H,7-8H2,(H,24,29)(H,25,28). The summed E-state index contributed by atoms with van der Waals surface area (Å²) in [6, 6.07) is 10.6. The maximum atomic E-state index is 13.3. The third-order valence-electron chi connectivity index (χ3n) is 4.22. The number of fused-ring (bicyclic) bond motifs is 1. The van der Waals surface area contributed by atoms with E-state index in [1.165, 1.54) is 42.5 Å². The number of alkyl halides is 3. The maximum Gasteiger partial charge on any atom is 0.417 e. The lowest BCUT2D eigenvalue weighted by Crippen LogP contribution is -2.17. The Morgan fingerprint density at radius 1 is 1.13 bits per heavy atom. The second-order valence-electron chi connectivity index (χ2n) is 6.39. The third-order valence-corrected chi connectivity index (χ3v) is 4.22. The number of hydrogen-bond acceptors (Lipinski definition) is 5. The van der Waals surface area contributed by atoms with Gasteiger partial charge in [0.25, 0.3) is 5.56 Å². The van der Waals surface area contributed by atoms with Crippen LogP contribution in [0.4, 0.5) is 23.7 Å². The summed E-state index contributed by atoms with van der Waals surface area (Å²) in [6.07, 6.45) is -7.20. The van der Waals surface area contributed by atoms with E-state index < -0.39 is 29.7 Å². The number of carbonyl (C=O) groups is 1. The van der Waals surface area contributed by atoms with E-state index in [9.17, 15) is 22.8 Å². The summed E-state index contributed by atoms with van der Waals surface area (Å²) in [5, 5.41) is 20.4. The minimum Gasteiger partial charge on any atom is -0.449 e. The molecular formula is C20H17F3N2O5. The highest BCUT2D eigenvalue weighted by Crippen LogP contribution is 2.36. The van der Waals surface area contributed by atoms with Crippen molar-refractivity contribution in [3.05, 3.63) is 64.4 Å². The van der Waals surface area contributed by atoms with Crippen LogP contribution in [0.5, 0.6) is 0 Å². The van der Waals surface area contributed by atoms with Crippen molar-refractivity contribution in [2.45, 2.75) is 18.9 Å². The molecule has 0 atom stereocenters. The van der Waals surface area contributed by atoms with E-state index >= 15 is 0 Å². The number of pyridine rings is 1. The first-order chi connectivity index (χ1) is 14.1. The smallest absolute Gasteiger partial charge is 0.417 e. The van der Waals surface area contributed by atoms with Crippen LogP contribution in [-0.4, -0.2) is 34.2 Å². The van der Waals surface area contributed by atoms with Gasteiger partial charge in [-0.1, -0.05) is 24.3 Å². The first kappa shape index (κ1) is 21.3. The van der Waals surface area contributed by atoms with E-state index in [0.717, 1.165) is 6.07 Å². The summed E-state index contributed by atoms with van der Waals surface area (Å²) in [6.45, 7) is -0.223. The molecule has 0 saturated carbocycles. The molecule has 2 aromatic carbocycles. The van der Waals surface area contributed by atoms with E-state index in [-0.39, 0.29) is 35.4 Å². The van der Waals surface area contributed by atoms with E-state index in [4.69, 9.17) is 14.9 Å². The first-order valence-electron chi connectivity index (χ1n) is 8.79. The molecule has 0 saturated heterocycles. The van der Waals surface area contributed by atoms with Gasteiger partial charge in [0.15, 0.2) is 6.29 Å². The topological polar surface area (TPSA) is 112 Å². The SMILES string of the molecule is O=C(Nc1ccc2cc(-c3ccccc3C(F)(F)F)[nH]c(=O)c2c1)OCCC(O)O. The molecule has 10 heteroatoms. The minimum absolute atomic E-state index is 0.0168. The van der Waals surface area contributed by atoms with Gasteiger partial charge in [-0.2, -0.15) is 13.2 Å². The predicted molar refractivity (Wildman–Crippen MR) is 103 cm³/mol. The van der Waals surface area contributed by atoms with Crippen LogP contribution in [-0.2, 0) is 10.9 Å². The zero-order valence-corrected chi connectivity index (χ0v) is 15.4. The van der Waals surface area contributed by atoms with Crippen molar-refractivity contribution < 1.29 is 32.9 Å². The Kier molecular flexibility index (Phi) is 6.09. The van der Waals surface area contributed by atoms with Gasteiger partial charge in [0, 0.05) is 28.8 Å². The van der Waals surface area contributed by atoms with Crippen LogP contribution in [0.2, 0.25) is 0 Å². The number of carbonyl (C=O) groups excluding carboxylic acids is 1. The molecule has 0 fully saturated rings. The molecule has 0 unspecified atom stereocenters. The highest BCUT2D eigenvalue weighted by atomic mass is 19.4.